The number of anilines is 2. The lowest BCUT2D eigenvalue weighted by Crippen LogP contribution is -2.33. The molecular weight excluding hydrogens is 321 g/mol. The lowest BCUT2D eigenvalue weighted by atomic mass is 10.3. The first-order valence-corrected chi connectivity index (χ1v) is 6.72. The maximum Gasteiger partial charge on any atom is 0.337 e. The number of carbonyl (C=O) groups is 1. The van der Waals surface area contributed by atoms with Gasteiger partial charge in [0.2, 0.25) is 0 Å². The maximum atomic E-state index is 11.7. The van der Waals surface area contributed by atoms with Crippen LogP contribution in [0.1, 0.15) is 0 Å². The first-order chi connectivity index (χ1) is 9.56. The Bertz CT molecular complexity index is 634. The fraction of sp³-hybridized carbons (Fsp3) is 0. The van der Waals surface area contributed by atoms with E-state index in [0.29, 0.717) is 26.4 Å². The van der Waals surface area contributed by atoms with Crippen molar-refractivity contribution in [1.82, 2.24) is 5.43 Å². The molecule has 7 heteroatoms. The van der Waals surface area contributed by atoms with Crippen LogP contribution < -0.4 is 16.2 Å². The largest absolute Gasteiger partial charge is 0.337 e. The molecule has 4 nitrogen and oxygen atoms in total. The molecule has 0 saturated carbocycles. The summed E-state index contributed by atoms with van der Waals surface area (Å²) in [6.45, 7) is 0. The number of rotatable bonds is 3. The minimum absolute atomic E-state index is 0.391. The Morgan fingerprint density at radius 1 is 0.900 bits per heavy atom. The second kappa shape index (κ2) is 6.70. The molecule has 0 fully saturated rings. The number of carbonyl (C=O) groups excluding carboxylic acids is 1. The van der Waals surface area contributed by atoms with Crippen molar-refractivity contribution in [2.24, 2.45) is 0 Å². The van der Waals surface area contributed by atoms with Crippen molar-refractivity contribution in [3.8, 4) is 0 Å². The van der Waals surface area contributed by atoms with Gasteiger partial charge in [0.15, 0.2) is 0 Å². The van der Waals surface area contributed by atoms with E-state index in [0.717, 1.165) is 0 Å². The van der Waals surface area contributed by atoms with Gasteiger partial charge in [0.05, 0.1) is 21.4 Å². The number of hydrazine groups is 1. The molecule has 0 bridgehead atoms. The van der Waals surface area contributed by atoms with Gasteiger partial charge in [-0.1, -0.05) is 46.9 Å². The minimum atomic E-state index is -0.492. The molecule has 0 aromatic heterocycles. The van der Waals surface area contributed by atoms with Gasteiger partial charge in [-0.15, -0.1) is 0 Å². The second-order valence-corrected chi connectivity index (χ2v) is 5.06. The Morgan fingerprint density at radius 2 is 1.60 bits per heavy atom. The lowest BCUT2D eigenvalue weighted by Gasteiger charge is -2.12. The highest BCUT2D eigenvalue weighted by Crippen LogP contribution is 2.25. The Kier molecular flexibility index (Phi) is 4.95. The summed E-state index contributed by atoms with van der Waals surface area (Å²) in [5.41, 5.74) is 6.14. The number of benzene rings is 2. The maximum absolute atomic E-state index is 11.7. The van der Waals surface area contributed by atoms with Gasteiger partial charge >= 0.3 is 6.03 Å². The summed E-state index contributed by atoms with van der Waals surface area (Å²) in [6, 6.07) is 11.3. The molecule has 2 aromatic rings. The van der Waals surface area contributed by atoms with E-state index in [1.54, 1.807) is 42.5 Å². The first-order valence-electron chi connectivity index (χ1n) is 5.59. The molecule has 0 heterocycles. The standard InChI is InChI=1S/C13H10Cl3N3O/c14-8-5-6-10(16)12(7-8)17-13(20)19-18-11-4-2-1-3-9(11)15/h1-7,18H,(H2,17,19,20). The van der Waals surface area contributed by atoms with Crippen molar-refractivity contribution >= 4 is 52.2 Å². The molecule has 0 aliphatic heterocycles. The van der Waals surface area contributed by atoms with Gasteiger partial charge in [0, 0.05) is 5.02 Å². The normalized spacial score (nSPS) is 9.95. The molecular formula is C13H10Cl3N3O. The highest BCUT2D eigenvalue weighted by Gasteiger charge is 2.06. The van der Waals surface area contributed by atoms with Gasteiger partial charge in [-0.05, 0) is 30.3 Å². The average molecular weight is 331 g/mol. The van der Waals surface area contributed by atoms with E-state index in [9.17, 15) is 4.79 Å². The van der Waals surface area contributed by atoms with Gasteiger partial charge in [0.1, 0.15) is 0 Å². The van der Waals surface area contributed by atoms with Crippen LogP contribution in [-0.4, -0.2) is 6.03 Å². The molecule has 0 radical (unpaired) electrons. The van der Waals surface area contributed by atoms with Crippen molar-refractivity contribution in [2.45, 2.75) is 0 Å². The van der Waals surface area contributed by atoms with E-state index in [1.165, 1.54) is 0 Å². The van der Waals surface area contributed by atoms with Crippen molar-refractivity contribution in [1.29, 1.82) is 0 Å². The molecule has 0 aliphatic carbocycles. The molecule has 3 N–H and O–H groups in total. The van der Waals surface area contributed by atoms with Crippen LogP contribution in [0.4, 0.5) is 16.2 Å². The summed E-state index contributed by atoms with van der Waals surface area (Å²) in [5.74, 6) is 0. The quantitative estimate of drug-likeness (QED) is 0.708. The zero-order valence-electron chi connectivity index (χ0n) is 10.1. The van der Waals surface area contributed by atoms with Gasteiger partial charge in [-0.2, -0.15) is 0 Å². The van der Waals surface area contributed by atoms with Crippen LogP contribution in [-0.2, 0) is 0 Å². The molecule has 20 heavy (non-hydrogen) atoms. The number of hydrogen-bond acceptors (Lipinski definition) is 2. The molecule has 2 aromatic carbocycles. The Morgan fingerprint density at radius 3 is 2.35 bits per heavy atom. The third-order valence-electron chi connectivity index (χ3n) is 2.36. The van der Waals surface area contributed by atoms with E-state index in [4.69, 9.17) is 34.8 Å². The number of urea groups is 1. The fourth-order valence-corrected chi connectivity index (χ4v) is 1.95. The smallest absolute Gasteiger partial charge is 0.305 e. The van der Waals surface area contributed by atoms with E-state index >= 15 is 0 Å². The van der Waals surface area contributed by atoms with E-state index in [-0.39, 0.29) is 0 Å². The van der Waals surface area contributed by atoms with Crippen LogP contribution in [0, 0.1) is 0 Å². The molecule has 0 unspecified atom stereocenters. The van der Waals surface area contributed by atoms with E-state index < -0.39 is 6.03 Å². The summed E-state index contributed by atoms with van der Waals surface area (Å²) in [7, 11) is 0. The number of nitrogens with one attached hydrogen (secondary N) is 3. The number of amides is 2. The summed E-state index contributed by atoms with van der Waals surface area (Å²) in [4.78, 5) is 11.7. The Labute approximate surface area is 131 Å². The zero-order valence-corrected chi connectivity index (χ0v) is 12.4. The number of halogens is 3. The van der Waals surface area contributed by atoms with Crippen molar-refractivity contribution < 1.29 is 4.79 Å². The topological polar surface area (TPSA) is 53.2 Å². The molecule has 2 amide bonds. The number of hydrogen-bond donors (Lipinski definition) is 3. The third kappa shape index (κ3) is 3.93. The van der Waals surface area contributed by atoms with E-state index in [2.05, 4.69) is 16.2 Å². The predicted octanol–water partition coefficient (Wildman–Crippen LogP) is 4.80. The third-order valence-corrected chi connectivity index (χ3v) is 3.26. The van der Waals surface area contributed by atoms with Gasteiger partial charge in [0.25, 0.3) is 0 Å². The van der Waals surface area contributed by atoms with Crippen LogP contribution in [0.15, 0.2) is 42.5 Å². The Hall–Kier alpha value is -1.62. The van der Waals surface area contributed by atoms with Gasteiger partial charge < -0.3 is 5.32 Å². The van der Waals surface area contributed by atoms with Crippen molar-refractivity contribution in [3.05, 3.63) is 57.5 Å². The highest BCUT2D eigenvalue weighted by molar-refractivity contribution is 6.35. The monoisotopic (exact) mass is 329 g/mol. The fourth-order valence-electron chi connectivity index (χ4n) is 1.43. The zero-order chi connectivity index (χ0) is 14.5. The number of para-hydroxylation sites is 1. The van der Waals surface area contributed by atoms with Crippen molar-refractivity contribution in [2.75, 3.05) is 10.7 Å². The molecule has 0 aliphatic rings. The molecule has 2 rings (SSSR count). The molecule has 104 valence electrons. The van der Waals surface area contributed by atoms with Crippen LogP contribution in [0.2, 0.25) is 15.1 Å². The predicted molar refractivity (Wildman–Crippen MR) is 83.7 cm³/mol. The lowest BCUT2D eigenvalue weighted by molar-refractivity contribution is 0.254. The summed E-state index contributed by atoms with van der Waals surface area (Å²) < 4.78 is 0. The van der Waals surface area contributed by atoms with E-state index in [1.807, 2.05) is 0 Å². The summed E-state index contributed by atoms with van der Waals surface area (Å²) in [5, 5.41) is 3.93. The second-order valence-electron chi connectivity index (χ2n) is 3.81. The SMILES string of the molecule is O=C(NNc1ccccc1Cl)Nc1cc(Cl)ccc1Cl. The summed E-state index contributed by atoms with van der Waals surface area (Å²) >= 11 is 17.7. The van der Waals surface area contributed by atoms with Crippen LogP contribution in [0.3, 0.4) is 0 Å². The summed E-state index contributed by atoms with van der Waals surface area (Å²) in [6.07, 6.45) is 0. The van der Waals surface area contributed by atoms with Gasteiger partial charge in [-0.3, -0.25) is 10.9 Å². The Balaban J connectivity index is 1.96. The molecule has 0 saturated heterocycles. The minimum Gasteiger partial charge on any atom is -0.305 e. The first kappa shape index (κ1) is 14.8. The van der Waals surface area contributed by atoms with Crippen LogP contribution in [0.25, 0.3) is 0 Å². The van der Waals surface area contributed by atoms with Crippen LogP contribution >= 0.6 is 34.8 Å². The highest BCUT2D eigenvalue weighted by atomic mass is 35.5. The average Bonchev–Trinajstić information content (AvgIpc) is 2.42. The van der Waals surface area contributed by atoms with Gasteiger partial charge in [-0.25, -0.2) is 4.79 Å². The van der Waals surface area contributed by atoms with Crippen LogP contribution in [0.5, 0.6) is 0 Å². The molecule has 0 atom stereocenters. The molecule has 0 spiro atoms. The van der Waals surface area contributed by atoms with Crippen molar-refractivity contribution in [3.63, 3.8) is 0 Å².